The highest BCUT2D eigenvalue weighted by atomic mass is 19.4. The minimum atomic E-state index is -5.25. The number of halogens is 6. The standard InChI is InChI=1S/C36H21F6N5/c37-35(38,39)31-43-32(36(40,41)42)45-33(44-31)47-29-20-10-6-16-25(29)34(26-17-7-11-21-30(26)47)23-14-4-8-18-27(23)46(22-12-2-1-3-13-22)28-19-9-5-15-24(28)34/h1-21H. The van der Waals surface area contributed by atoms with E-state index < -0.39 is 35.4 Å². The number of alkyl halides is 6. The van der Waals surface area contributed by atoms with Crippen molar-refractivity contribution in [3.05, 3.63) is 161 Å². The van der Waals surface area contributed by atoms with E-state index in [2.05, 4.69) is 19.9 Å². The molecule has 5 nitrogen and oxygen atoms in total. The quantitative estimate of drug-likeness (QED) is 0.177. The summed E-state index contributed by atoms with van der Waals surface area (Å²) in [5, 5.41) is 0. The normalized spacial score (nSPS) is 14.7. The molecule has 47 heavy (non-hydrogen) atoms. The number of hydrogen-bond donors (Lipinski definition) is 0. The third kappa shape index (κ3) is 4.22. The van der Waals surface area contributed by atoms with Crippen molar-refractivity contribution in [1.29, 1.82) is 0 Å². The van der Waals surface area contributed by atoms with Crippen molar-refractivity contribution in [3.63, 3.8) is 0 Å². The SMILES string of the molecule is FC(F)(F)c1nc(N2c3ccccc3C3(c4ccccc4N(c4ccccc4)c4ccccc43)c3ccccc32)nc(C(F)(F)F)n1. The number of aromatic nitrogens is 3. The Labute approximate surface area is 264 Å². The van der Waals surface area contributed by atoms with Crippen LogP contribution in [0.3, 0.4) is 0 Å². The van der Waals surface area contributed by atoms with Crippen molar-refractivity contribution in [3.8, 4) is 0 Å². The molecular formula is C36H21F6N5. The number of fused-ring (bicyclic) bond motifs is 8. The molecule has 6 aromatic rings. The van der Waals surface area contributed by atoms with E-state index in [0.717, 1.165) is 28.2 Å². The maximum Gasteiger partial charge on any atom is 0.451 e. The fraction of sp³-hybridized carbons (Fsp3) is 0.0833. The Morgan fingerprint density at radius 3 is 1.13 bits per heavy atom. The van der Waals surface area contributed by atoms with Gasteiger partial charge in [0.1, 0.15) is 0 Å². The Morgan fingerprint density at radius 1 is 0.404 bits per heavy atom. The van der Waals surface area contributed by atoms with Gasteiger partial charge in [-0.25, -0.2) is 4.98 Å². The van der Waals surface area contributed by atoms with E-state index >= 15 is 0 Å². The first kappa shape index (κ1) is 28.7. The summed E-state index contributed by atoms with van der Waals surface area (Å²) >= 11 is 0. The highest BCUT2D eigenvalue weighted by molar-refractivity contribution is 5.95. The van der Waals surface area contributed by atoms with Crippen molar-refractivity contribution < 1.29 is 26.3 Å². The predicted octanol–water partition coefficient (Wildman–Crippen LogP) is 9.86. The monoisotopic (exact) mass is 637 g/mol. The molecule has 1 spiro atoms. The van der Waals surface area contributed by atoms with Crippen LogP contribution in [0.15, 0.2) is 127 Å². The first-order chi connectivity index (χ1) is 22.6. The van der Waals surface area contributed by atoms with Crippen molar-refractivity contribution in [2.24, 2.45) is 0 Å². The largest absolute Gasteiger partial charge is 0.451 e. The Balaban J connectivity index is 1.48. The van der Waals surface area contributed by atoms with Crippen LogP contribution < -0.4 is 9.80 Å². The van der Waals surface area contributed by atoms with Crippen molar-refractivity contribution in [2.75, 3.05) is 9.80 Å². The van der Waals surface area contributed by atoms with E-state index in [9.17, 15) is 26.3 Å². The third-order valence-corrected chi connectivity index (χ3v) is 8.54. The summed E-state index contributed by atoms with van der Waals surface area (Å²) in [4.78, 5) is 13.3. The molecule has 3 heterocycles. The number of nitrogens with zero attached hydrogens (tertiary/aromatic N) is 5. The number of rotatable bonds is 2. The summed E-state index contributed by atoms with van der Waals surface area (Å²) < 4.78 is 83.7. The van der Waals surface area contributed by atoms with Crippen LogP contribution >= 0.6 is 0 Å². The molecular weight excluding hydrogens is 616 g/mol. The maximum atomic E-state index is 13.9. The highest BCUT2D eigenvalue weighted by Crippen LogP contribution is 2.63. The lowest BCUT2D eigenvalue weighted by molar-refractivity contribution is -0.155. The summed E-state index contributed by atoms with van der Waals surface area (Å²) in [6, 6.07) is 39.6. The molecule has 0 unspecified atom stereocenters. The van der Waals surface area contributed by atoms with Crippen LogP contribution in [0.5, 0.6) is 0 Å². The minimum absolute atomic E-state index is 0.330. The van der Waals surface area contributed by atoms with Gasteiger partial charge in [0.2, 0.25) is 17.6 Å². The Morgan fingerprint density at radius 2 is 0.745 bits per heavy atom. The van der Waals surface area contributed by atoms with E-state index in [4.69, 9.17) is 0 Å². The van der Waals surface area contributed by atoms with E-state index in [-0.39, 0.29) is 0 Å². The average molecular weight is 638 g/mol. The van der Waals surface area contributed by atoms with E-state index in [0.29, 0.717) is 22.5 Å². The molecule has 8 rings (SSSR count). The van der Waals surface area contributed by atoms with Gasteiger partial charge in [0.25, 0.3) is 0 Å². The van der Waals surface area contributed by atoms with E-state index in [1.165, 1.54) is 4.90 Å². The molecule has 0 saturated heterocycles. The van der Waals surface area contributed by atoms with Gasteiger partial charge >= 0.3 is 12.4 Å². The summed E-state index contributed by atoms with van der Waals surface area (Å²) in [5.74, 6) is -4.66. The molecule has 232 valence electrons. The van der Waals surface area contributed by atoms with Crippen LogP contribution in [0.1, 0.15) is 33.9 Å². The van der Waals surface area contributed by atoms with Gasteiger partial charge in [-0.1, -0.05) is 91.0 Å². The molecule has 0 radical (unpaired) electrons. The number of hydrogen-bond acceptors (Lipinski definition) is 5. The molecule has 1 aromatic heterocycles. The van der Waals surface area contributed by atoms with Crippen molar-refractivity contribution >= 4 is 34.4 Å². The molecule has 0 bridgehead atoms. The van der Waals surface area contributed by atoms with Gasteiger partial charge in [-0.3, -0.25) is 4.90 Å². The summed E-state index contributed by atoms with van der Waals surface area (Å²) in [6.07, 6.45) is -10.5. The van der Waals surface area contributed by atoms with Crippen molar-refractivity contribution in [1.82, 2.24) is 15.0 Å². The molecule has 0 saturated carbocycles. The molecule has 2 aliphatic rings. The zero-order chi connectivity index (χ0) is 32.6. The van der Waals surface area contributed by atoms with Crippen LogP contribution in [0.4, 0.5) is 60.7 Å². The molecule has 0 amide bonds. The number of anilines is 6. The van der Waals surface area contributed by atoms with Gasteiger partial charge in [0.15, 0.2) is 0 Å². The lowest BCUT2D eigenvalue weighted by Gasteiger charge is -2.50. The summed E-state index contributed by atoms with van der Waals surface area (Å²) in [6.45, 7) is 0. The Hall–Kier alpha value is -5.71. The topological polar surface area (TPSA) is 45.2 Å². The molecule has 11 heteroatoms. The maximum absolute atomic E-state index is 13.9. The second-order valence-corrected chi connectivity index (χ2v) is 11.1. The van der Waals surface area contributed by atoms with Crippen LogP contribution in [-0.2, 0) is 17.8 Å². The molecule has 5 aromatic carbocycles. The average Bonchev–Trinajstić information content (AvgIpc) is 3.08. The number of para-hydroxylation sites is 5. The third-order valence-electron chi connectivity index (χ3n) is 8.54. The number of benzene rings is 5. The zero-order valence-electron chi connectivity index (χ0n) is 24.1. The van der Waals surface area contributed by atoms with Gasteiger partial charge in [-0.2, -0.15) is 36.3 Å². The molecule has 0 N–H and O–H groups in total. The fourth-order valence-electron chi connectivity index (χ4n) is 6.86. The lowest BCUT2D eigenvalue weighted by atomic mass is 9.60. The smallest absolute Gasteiger partial charge is 0.310 e. The van der Waals surface area contributed by atoms with Gasteiger partial charge in [0, 0.05) is 5.69 Å². The Kier molecular flexibility index (Phi) is 6.21. The van der Waals surface area contributed by atoms with Gasteiger partial charge < -0.3 is 4.90 Å². The first-order valence-electron chi connectivity index (χ1n) is 14.5. The fourth-order valence-corrected chi connectivity index (χ4v) is 6.86. The van der Waals surface area contributed by atoms with E-state index in [1.807, 2.05) is 91.0 Å². The molecule has 0 fully saturated rings. The van der Waals surface area contributed by atoms with Gasteiger partial charge in [0.05, 0.1) is 28.2 Å². The van der Waals surface area contributed by atoms with Crippen LogP contribution in [0.25, 0.3) is 0 Å². The highest BCUT2D eigenvalue weighted by Gasteiger charge is 2.52. The van der Waals surface area contributed by atoms with Crippen LogP contribution in [-0.4, -0.2) is 15.0 Å². The molecule has 0 aliphatic carbocycles. The molecule has 0 atom stereocenters. The predicted molar refractivity (Wildman–Crippen MR) is 165 cm³/mol. The van der Waals surface area contributed by atoms with Crippen LogP contribution in [0.2, 0.25) is 0 Å². The summed E-state index contributed by atoms with van der Waals surface area (Å²) in [7, 11) is 0. The lowest BCUT2D eigenvalue weighted by Crippen LogP contribution is -2.42. The van der Waals surface area contributed by atoms with Gasteiger partial charge in [-0.15, -0.1) is 0 Å². The first-order valence-corrected chi connectivity index (χ1v) is 14.5. The van der Waals surface area contributed by atoms with Crippen molar-refractivity contribution in [2.45, 2.75) is 17.8 Å². The zero-order valence-corrected chi connectivity index (χ0v) is 24.1. The van der Waals surface area contributed by atoms with Crippen LogP contribution in [0, 0.1) is 0 Å². The second-order valence-electron chi connectivity index (χ2n) is 11.1. The molecule has 2 aliphatic heterocycles. The summed E-state index contributed by atoms with van der Waals surface area (Å²) in [5.41, 5.74) is 5.31. The minimum Gasteiger partial charge on any atom is -0.310 e. The second kappa shape index (κ2) is 10.1. The van der Waals surface area contributed by atoms with Gasteiger partial charge in [-0.05, 0) is 58.7 Å². The Bertz CT molecular complexity index is 2030. The van der Waals surface area contributed by atoms with E-state index in [1.54, 1.807) is 36.4 Å².